The Morgan fingerprint density at radius 1 is 1.16 bits per heavy atom. The summed E-state index contributed by atoms with van der Waals surface area (Å²) in [4.78, 5) is 28.2. The average Bonchev–Trinajstić information content (AvgIpc) is 3.49. The summed E-state index contributed by atoms with van der Waals surface area (Å²) in [6.07, 6.45) is 1.44. The summed E-state index contributed by atoms with van der Waals surface area (Å²) in [5, 5.41) is 18.7. The first-order valence-corrected chi connectivity index (χ1v) is 13.4. The van der Waals surface area contributed by atoms with Gasteiger partial charge in [0.15, 0.2) is 5.82 Å². The molecule has 2 aliphatic rings. The Hall–Kier alpha value is -3.69. The fraction of sp³-hybridized carbons (Fsp3) is 0.414. The predicted molar refractivity (Wildman–Crippen MR) is 148 cm³/mol. The first-order valence-electron chi connectivity index (χ1n) is 13.4. The number of fused-ring (bicyclic) bond motifs is 2. The molecule has 2 aromatic heterocycles. The highest BCUT2D eigenvalue weighted by atomic mass is 16.3. The molecule has 4 aromatic rings. The maximum atomic E-state index is 13.3. The lowest BCUT2D eigenvalue weighted by Crippen LogP contribution is -2.63. The van der Waals surface area contributed by atoms with Crippen LogP contribution in [-0.2, 0) is 24.2 Å². The van der Waals surface area contributed by atoms with Crippen LogP contribution in [0, 0.1) is 0 Å². The molecule has 0 aliphatic carbocycles. The summed E-state index contributed by atoms with van der Waals surface area (Å²) in [5.41, 5.74) is 7.01. The summed E-state index contributed by atoms with van der Waals surface area (Å²) < 4.78 is 0. The van der Waals surface area contributed by atoms with Crippen molar-refractivity contribution >= 4 is 16.8 Å². The van der Waals surface area contributed by atoms with Gasteiger partial charge in [-0.1, -0.05) is 26.0 Å². The number of likely N-dealkylation sites (N-methyl/N-ethyl adjacent to an activating group) is 2. The molecule has 0 saturated carbocycles. The normalized spacial score (nSPS) is 18.2. The molecule has 1 unspecified atom stereocenters. The predicted octanol–water partition coefficient (Wildman–Crippen LogP) is 3.41. The average molecular weight is 514 g/mol. The van der Waals surface area contributed by atoms with Crippen molar-refractivity contribution < 1.29 is 9.90 Å². The van der Waals surface area contributed by atoms with E-state index in [0.29, 0.717) is 19.0 Å². The maximum Gasteiger partial charge on any atom is 0.240 e. The number of aromatic amines is 2. The molecule has 1 amide bonds. The van der Waals surface area contributed by atoms with Gasteiger partial charge in [-0.3, -0.25) is 14.8 Å². The van der Waals surface area contributed by atoms with Crippen LogP contribution in [0.2, 0.25) is 0 Å². The van der Waals surface area contributed by atoms with Crippen molar-refractivity contribution in [3.05, 3.63) is 53.3 Å². The molecule has 0 radical (unpaired) electrons. The minimum Gasteiger partial charge on any atom is -0.508 e. The zero-order chi connectivity index (χ0) is 26.6. The van der Waals surface area contributed by atoms with E-state index in [1.54, 1.807) is 6.07 Å². The number of likely N-dealkylation sites (tertiary alicyclic amines) is 1. The largest absolute Gasteiger partial charge is 0.508 e. The van der Waals surface area contributed by atoms with Crippen LogP contribution < -0.4 is 0 Å². The number of carbonyl (C=O) groups excluding carboxylic acids is 1. The second-order valence-electron chi connectivity index (χ2n) is 10.7. The monoisotopic (exact) mass is 513 g/mol. The Kier molecular flexibility index (Phi) is 6.20. The lowest BCUT2D eigenvalue weighted by atomic mass is 9.97. The summed E-state index contributed by atoms with van der Waals surface area (Å²) in [6.45, 7) is 7.27. The van der Waals surface area contributed by atoms with Crippen molar-refractivity contribution in [3.63, 3.8) is 0 Å². The smallest absolute Gasteiger partial charge is 0.240 e. The number of hydrogen-bond donors (Lipinski definition) is 3. The van der Waals surface area contributed by atoms with Crippen LogP contribution in [0.3, 0.4) is 0 Å². The third kappa shape index (κ3) is 4.16. The van der Waals surface area contributed by atoms with Gasteiger partial charge in [0.2, 0.25) is 5.91 Å². The van der Waals surface area contributed by atoms with E-state index < -0.39 is 0 Å². The number of rotatable bonds is 6. The summed E-state index contributed by atoms with van der Waals surface area (Å²) in [5.74, 6) is 1.22. The molecule has 1 atom stereocenters. The van der Waals surface area contributed by atoms with Gasteiger partial charge in [0.05, 0.1) is 22.9 Å². The SMILES string of the molecule is CCc1cc(O)ccc1-c1ccc2c(-c3nc4c([nH]3)CN(CC)C(C(=O)N3CC(N(C)C)C3)C4)n[nH]c2c1. The van der Waals surface area contributed by atoms with Gasteiger partial charge in [-0.15, -0.1) is 0 Å². The van der Waals surface area contributed by atoms with Gasteiger partial charge in [-0.2, -0.15) is 5.10 Å². The number of phenolic OH excluding ortho intramolecular Hbond substituents is 1. The van der Waals surface area contributed by atoms with Crippen LogP contribution in [0.4, 0.5) is 0 Å². The molecule has 38 heavy (non-hydrogen) atoms. The number of phenols is 1. The van der Waals surface area contributed by atoms with E-state index >= 15 is 0 Å². The van der Waals surface area contributed by atoms with Gasteiger partial charge >= 0.3 is 0 Å². The molecular weight excluding hydrogens is 478 g/mol. The van der Waals surface area contributed by atoms with Gasteiger partial charge in [0.1, 0.15) is 11.4 Å². The van der Waals surface area contributed by atoms with Gasteiger partial charge in [-0.25, -0.2) is 4.98 Å². The fourth-order valence-corrected chi connectivity index (χ4v) is 5.75. The van der Waals surface area contributed by atoms with Crippen LogP contribution in [0.1, 0.15) is 30.8 Å². The number of imidazole rings is 1. The molecule has 1 fully saturated rings. The van der Waals surface area contributed by atoms with Crippen molar-refractivity contribution in [2.45, 2.75) is 45.3 Å². The second-order valence-corrected chi connectivity index (χ2v) is 10.7. The molecule has 2 aliphatic heterocycles. The lowest BCUT2D eigenvalue weighted by molar-refractivity contribution is -0.144. The van der Waals surface area contributed by atoms with E-state index in [9.17, 15) is 9.90 Å². The number of aromatic hydroxyl groups is 1. The Morgan fingerprint density at radius 2 is 1.97 bits per heavy atom. The molecule has 0 spiro atoms. The number of benzene rings is 2. The highest BCUT2D eigenvalue weighted by Gasteiger charge is 2.40. The molecule has 9 heteroatoms. The number of nitrogens with one attached hydrogen (secondary N) is 2. The number of H-pyrrole nitrogens is 2. The lowest BCUT2D eigenvalue weighted by Gasteiger charge is -2.46. The van der Waals surface area contributed by atoms with Crippen LogP contribution in [-0.4, -0.2) is 91.7 Å². The molecule has 198 valence electrons. The molecule has 9 nitrogen and oxygen atoms in total. The molecule has 2 aromatic carbocycles. The first kappa shape index (κ1) is 24.6. The molecule has 6 rings (SSSR count). The minimum absolute atomic E-state index is 0.177. The van der Waals surface area contributed by atoms with Gasteiger partial charge < -0.3 is 19.9 Å². The van der Waals surface area contributed by atoms with Crippen molar-refractivity contribution in [2.75, 3.05) is 33.7 Å². The van der Waals surface area contributed by atoms with E-state index in [1.165, 1.54) is 0 Å². The standard InChI is InChI=1S/C29H35N7O2/c1-5-17-11-20(37)8-10-21(17)18-7-9-22-23(12-18)32-33-27(22)28-30-24-13-26(35(6-2)16-25(24)31-28)29(38)36-14-19(15-36)34(3)4/h7-12,19,26,37H,5-6,13-16H2,1-4H3,(H,30,31)(H,32,33). The van der Waals surface area contributed by atoms with Crippen molar-refractivity contribution in [1.29, 1.82) is 0 Å². The van der Waals surface area contributed by atoms with E-state index in [1.807, 2.05) is 17.0 Å². The van der Waals surface area contributed by atoms with Crippen LogP contribution in [0.15, 0.2) is 36.4 Å². The van der Waals surface area contributed by atoms with Crippen LogP contribution in [0.25, 0.3) is 33.5 Å². The van der Waals surface area contributed by atoms with Crippen molar-refractivity contribution in [3.8, 4) is 28.4 Å². The zero-order valence-corrected chi connectivity index (χ0v) is 22.5. The minimum atomic E-state index is -0.177. The highest BCUT2D eigenvalue weighted by molar-refractivity contribution is 5.94. The Morgan fingerprint density at radius 3 is 2.71 bits per heavy atom. The number of amides is 1. The fourth-order valence-electron chi connectivity index (χ4n) is 5.75. The number of carbonyl (C=O) groups is 1. The van der Waals surface area contributed by atoms with Crippen LogP contribution in [0.5, 0.6) is 5.75 Å². The highest BCUT2D eigenvalue weighted by Crippen LogP contribution is 2.33. The van der Waals surface area contributed by atoms with Crippen LogP contribution >= 0.6 is 0 Å². The maximum absolute atomic E-state index is 13.3. The molecule has 4 heterocycles. The number of aromatic nitrogens is 4. The topological polar surface area (TPSA) is 104 Å². The third-order valence-corrected chi connectivity index (χ3v) is 8.22. The second kappa shape index (κ2) is 9.56. The summed E-state index contributed by atoms with van der Waals surface area (Å²) in [6, 6.07) is 12.1. The molecule has 0 bridgehead atoms. The Bertz CT molecular complexity index is 1500. The Balaban J connectivity index is 1.27. The summed E-state index contributed by atoms with van der Waals surface area (Å²) >= 11 is 0. The zero-order valence-electron chi connectivity index (χ0n) is 22.5. The number of aryl methyl sites for hydroxylation is 1. The van der Waals surface area contributed by atoms with E-state index in [0.717, 1.165) is 76.6 Å². The quantitative estimate of drug-likeness (QED) is 0.365. The number of hydrogen-bond acceptors (Lipinski definition) is 6. The third-order valence-electron chi connectivity index (χ3n) is 8.22. The Labute approximate surface area is 222 Å². The van der Waals surface area contributed by atoms with Gasteiger partial charge in [0, 0.05) is 37.5 Å². The first-order chi connectivity index (χ1) is 18.4. The molecule has 3 N–H and O–H groups in total. The van der Waals surface area contributed by atoms with Gasteiger partial charge in [0.25, 0.3) is 0 Å². The molecular formula is C29H35N7O2. The molecule has 1 saturated heterocycles. The van der Waals surface area contributed by atoms with E-state index in [4.69, 9.17) is 4.98 Å². The van der Waals surface area contributed by atoms with E-state index in [-0.39, 0.29) is 17.7 Å². The number of nitrogens with zero attached hydrogens (tertiary/aromatic N) is 5. The van der Waals surface area contributed by atoms with Gasteiger partial charge in [-0.05, 0) is 68.0 Å². The summed E-state index contributed by atoms with van der Waals surface area (Å²) in [7, 11) is 4.14. The van der Waals surface area contributed by atoms with Crippen molar-refractivity contribution in [1.82, 2.24) is 34.9 Å². The van der Waals surface area contributed by atoms with Crippen molar-refractivity contribution in [2.24, 2.45) is 0 Å². The van der Waals surface area contributed by atoms with E-state index in [2.05, 4.69) is 71.1 Å².